The van der Waals surface area contributed by atoms with Crippen LogP contribution in [0.3, 0.4) is 0 Å². The highest BCUT2D eigenvalue weighted by Crippen LogP contribution is 2.28. The van der Waals surface area contributed by atoms with E-state index in [0.717, 1.165) is 22.2 Å². The van der Waals surface area contributed by atoms with E-state index in [-0.39, 0.29) is 5.82 Å². The molecule has 0 atom stereocenters. The summed E-state index contributed by atoms with van der Waals surface area (Å²) in [7, 11) is 0. The standard InChI is InChI=1S/C17H15ClFNO/c1-2-21-17-5-3-4-16-14(17)8-9-20(16)11-12-6-7-13(19)10-15(12)18/h3-10H,2,11H2,1H3. The van der Waals surface area contributed by atoms with Gasteiger partial charge in [-0.1, -0.05) is 23.7 Å². The van der Waals surface area contributed by atoms with Crippen molar-refractivity contribution in [2.24, 2.45) is 0 Å². The second-order valence-corrected chi connectivity index (χ2v) is 5.21. The SMILES string of the molecule is CCOc1cccc2c1ccn2Cc1ccc(F)cc1Cl. The van der Waals surface area contributed by atoms with Crippen LogP contribution in [-0.2, 0) is 6.54 Å². The Morgan fingerprint density at radius 1 is 1.19 bits per heavy atom. The first kappa shape index (κ1) is 14.0. The Labute approximate surface area is 127 Å². The monoisotopic (exact) mass is 303 g/mol. The van der Waals surface area contributed by atoms with Gasteiger partial charge in [-0.3, -0.25) is 0 Å². The van der Waals surface area contributed by atoms with Gasteiger partial charge in [0.15, 0.2) is 0 Å². The van der Waals surface area contributed by atoms with Gasteiger partial charge in [0, 0.05) is 23.2 Å². The molecular formula is C17H15ClFNO. The van der Waals surface area contributed by atoms with E-state index >= 15 is 0 Å². The van der Waals surface area contributed by atoms with Crippen LogP contribution in [0.25, 0.3) is 10.9 Å². The maximum absolute atomic E-state index is 13.1. The molecule has 0 aliphatic carbocycles. The molecule has 0 N–H and O–H groups in total. The van der Waals surface area contributed by atoms with Crippen LogP contribution in [0.15, 0.2) is 48.7 Å². The van der Waals surface area contributed by atoms with Crippen molar-refractivity contribution in [3.05, 3.63) is 65.1 Å². The molecule has 0 aliphatic rings. The molecule has 108 valence electrons. The molecule has 0 bridgehead atoms. The summed E-state index contributed by atoms with van der Waals surface area (Å²) in [5.74, 6) is 0.554. The van der Waals surface area contributed by atoms with E-state index < -0.39 is 0 Å². The van der Waals surface area contributed by atoms with E-state index in [2.05, 4.69) is 4.57 Å². The van der Waals surface area contributed by atoms with Gasteiger partial charge in [0.1, 0.15) is 11.6 Å². The average molecular weight is 304 g/mol. The van der Waals surface area contributed by atoms with Crippen molar-refractivity contribution in [1.82, 2.24) is 4.57 Å². The van der Waals surface area contributed by atoms with Crippen LogP contribution >= 0.6 is 11.6 Å². The Morgan fingerprint density at radius 3 is 2.81 bits per heavy atom. The average Bonchev–Trinajstić information content (AvgIpc) is 2.87. The predicted molar refractivity (Wildman–Crippen MR) is 83.6 cm³/mol. The zero-order valence-electron chi connectivity index (χ0n) is 11.6. The molecular weight excluding hydrogens is 289 g/mol. The van der Waals surface area contributed by atoms with Crippen LogP contribution in [-0.4, -0.2) is 11.2 Å². The minimum Gasteiger partial charge on any atom is -0.493 e. The van der Waals surface area contributed by atoms with Crippen molar-refractivity contribution in [3.63, 3.8) is 0 Å². The van der Waals surface area contributed by atoms with Gasteiger partial charge in [-0.05, 0) is 42.8 Å². The summed E-state index contributed by atoms with van der Waals surface area (Å²) in [6.07, 6.45) is 1.99. The summed E-state index contributed by atoms with van der Waals surface area (Å²) < 4.78 is 20.8. The number of nitrogens with zero attached hydrogens (tertiary/aromatic N) is 1. The number of benzene rings is 2. The number of fused-ring (bicyclic) bond motifs is 1. The number of ether oxygens (including phenoxy) is 1. The van der Waals surface area contributed by atoms with Crippen LogP contribution < -0.4 is 4.74 Å². The molecule has 3 rings (SSSR count). The lowest BCUT2D eigenvalue weighted by Gasteiger charge is -2.09. The largest absolute Gasteiger partial charge is 0.493 e. The maximum atomic E-state index is 13.1. The number of rotatable bonds is 4. The van der Waals surface area contributed by atoms with Gasteiger partial charge in [-0.25, -0.2) is 4.39 Å². The molecule has 0 saturated carbocycles. The van der Waals surface area contributed by atoms with Gasteiger partial charge < -0.3 is 9.30 Å². The Bertz CT molecular complexity index is 782. The Kier molecular flexibility index (Phi) is 3.84. The number of hydrogen-bond donors (Lipinski definition) is 0. The van der Waals surface area contributed by atoms with Gasteiger partial charge >= 0.3 is 0 Å². The van der Waals surface area contributed by atoms with Crippen LogP contribution in [0, 0.1) is 5.82 Å². The van der Waals surface area contributed by atoms with E-state index in [4.69, 9.17) is 16.3 Å². The third-order valence-corrected chi connectivity index (χ3v) is 3.78. The summed E-state index contributed by atoms with van der Waals surface area (Å²) in [4.78, 5) is 0. The van der Waals surface area contributed by atoms with Gasteiger partial charge in [0.2, 0.25) is 0 Å². The van der Waals surface area contributed by atoms with E-state index in [0.29, 0.717) is 18.2 Å². The lowest BCUT2D eigenvalue weighted by Crippen LogP contribution is -1.99. The minimum absolute atomic E-state index is 0.320. The fourth-order valence-corrected chi connectivity index (χ4v) is 2.67. The second-order valence-electron chi connectivity index (χ2n) is 4.80. The molecule has 0 spiro atoms. The van der Waals surface area contributed by atoms with Gasteiger partial charge in [-0.15, -0.1) is 0 Å². The van der Waals surface area contributed by atoms with E-state index in [1.165, 1.54) is 12.1 Å². The Morgan fingerprint density at radius 2 is 2.05 bits per heavy atom. The fourth-order valence-electron chi connectivity index (χ4n) is 2.45. The topological polar surface area (TPSA) is 14.2 Å². The zero-order valence-corrected chi connectivity index (χ0v) is 12.4. The van der Waals surface area contributed by atoms with E-state index in [1.54, 1.807) is 6.07 Å². The highest BCUT2D eigenvalue weighted by molar-refractivity contribution is 6.31. The Hall–Kier alpha value is -2.00. The number of aromatic nitrogens is 1. The van der Waals surface area contributed by atoms with Gasteiger partial charge in [0.05, 0.1) is 12.1 Å². The minimum atomic E-state index is -0.320. The third-order valence-electron chi connectivity index (χ3n) is 3.43. The van der Waals surface area contributed by atoms with Crippen molar-refractivity contribution < 1.29 is 9.13 Å². The van der Waals surface area contributed by atoms with Crippen LogP contribution in [0.1, 0.15) is 12.5 Å². The molecule has 0 saturated heterocycles. The number of hydrogen-bond acceptors (Lipinski definition) is 1. The lowest BCUT2D eigenvalue weighted by molar-refractivity contribution is 0.344. The molecule has 0 radical (unpaired) electrons. The fraction of sp³-hybridized carbons (Fsp3) is 0.176. The van der Waals surface area contributed by atoms with E-state index in [1.807, 2.05) is 37.4 Å². The maximum Gasteiger partial charge on any atom is 0.128 e. The molecule has 0 aliphatic heterocycles. The molecule has 2 aromatic carbocycles. The first-order chi connectivity index (χ1) is 10.2. The molecule has 1 aromatic heterocycles. The molecule has 1 heterocycles. The summed E-state index contributed by atoms with van der Waals surface area (Å²) in [5, 5.41) is 1.51. The van der Waals surface area contributed by atoms with Crippen molar-refractivity contribution in [1.29, 1.82) is 0 Å². The van der Waals surface area contributed by atoms with Gasteiger partial charge in [-0.2, -0.15) is 0 Å². The first-order valence-electron chi connectivity index (χ1n) is 6.83. The van der Waals surface area contributed by atoms with Crippen LogP contribution in [0.2, 0.25) is 5.02 Å². The summed E-state index contributed by atoms with van der Waals surface area (Å²) in [6, 6.07) is 12.5. The highest BCUT2D eigenvalue weighted by atomic mass is 35.5. The van der Waals surface area contributed by atoms with E-state index in [9.17, 15) is 4.39 Å². The quantitative estimate of drug-likeness (QED) is 0.670. The van der Waals surface area contributed by atoms with Crippen molar-refractivity contribution in [3.8, 4) is 5.75 Å². The highest BCUT2D eigenvalue weighted by Gasteiger charge is 2.08. The molecule has 0 fully saturated rings. The third kappa shape index (κ3) is 2.74. The molecule has 0 unspecified atom stereocenters. The zero-order chi connectivity index (χ0) is 14.8. The Balaban J connectivity index is 1.99. The molecule has 0 amide bonds. The lowest BCUT2D eigenvalue weighted by atomic mass is 10.2. The van der Waals surface area contributed by atoms with Crippen molar-refractivity contribution in [2.75, 3.05) is 6.61 Å². The van der Waals surface area contributed by atoms with Crippen molar-refractivity contribution in [2.45, 2.75) is 13.5 Å². The van der Waals surface area contributed by atoms with Gasteiger partial charge in [0.25, 0.3) is 0 Å². The molecule has 21 heavy (non-hydrogen) atoms. The summed E-state index contributed by atoms with van der Waals surface area (Å²) in [6.45, 7) is 3.19. The smallest absolute Gasteiger partial charge is 0.128 e. The predicted octanol–water partition coefficient (Wildman–Crippen LogP) is 4.88. The molecule has 4 heteroatoms. The normalized spacial score (nSPS) is 11.0. The molecule has 2 nitrogen and oxygen atoms in total. The second kappa shape index (κ2) is 5.78. The van der Waals surface area contributed by atoms with Crippen molar-refractivity contribution >= 4 is 22.5 Å². The number of halogens is 2. The molecule has 3 aromatic rings. The summed E-state index contributed by atoms with van der Waals surface area (Å²) >= 11 is 6.10. The first-order valence-corrected chi connectivity index (χ1v) is 7.21. The van der Waals surface area contributed by atoms with Crippen LogP contribution in [0.4, 0.5) is 4.39 Å². The van der Waals surface area contributed by atoms with Crippen LogP contribution in [0.5, 0.6) is 5.75 Å². The summed E-state index contributed by atoms with van der Waals surface area (Å²) in [5.41, 5.74) is 1.96.